The Labute approximate surface area is 182 Å². The number of nitrogens with zero attached hydrogens (tertiary/aromatic N) is 1. The molecule has 1 atom stereocenters. The molecule has 0 aliphatic carbocycles. The highest BCUT2D eigenvalue weighted by Gasteiger charge is 2.37. The van der Waals surface area contributed by atoms with Crippen molar-refractivity contribution in [3.63, 3.8) is 0 Å². The molecule has 0 spiro atoms. The number of nitrogens with one attached hydrogen (secondary N) is 1. The number of amides is 2. The van der Waals surface area contributed by atoms with Gasteiger partial charge in [0.15, 0.2) is 0 Å². The summed E-state index contributed by atoms with van der Waals surface area (Å²) in [4.78, 5) is 27.5. The molecule has 0 bridgehead atoms. The number of halogens is 1. The first-order valence-electron chi connectivity index (χ1n) is 9.75. The normalized spacial score (nSPS) is 17.1. The van der Waals surface area contributed by atoms with Crippen LogP contribution in [-0.2, 0) is 9.59 Å². The van der Waals surface area contributed by atoms with Gasteiger partial charge in [-0.3, -0.25) is 14.5 Å². The molecular formula is C23H27ClN2O2S. The molecule has 1 saturated heterocycles. The van der Waals surface area contributed by atoms with Gasteiger partial charge in [-0.25, -0.2) is 0 Å². The standard InChI is InChI=1S/C23H27ClN2O2S/c1-15(2)16-9-6-8-12-19(16)26-20(27)13-29-21(26)17-10-5-7-11-18(17)25-22(28)23(3,4)14-24/h5-12,15,21H,13-14H2,1-4H3,(H,25,28). The molecule has 2 aromatic rings. The maximum absolute atomic E-state index is 12.9. The molecule has 0 aromatic heterocycles. The lowest BCUT2D eigenvalue weighted by Crippen LogP contribution is -2.33. The van der Waals surface area contributed by atoms with E-state index < -0.39 is 5.41 Å². The quantitative estimate of drug-likeness (QED) is 0.590. The zero-order valence-electron chi connectivity index (χ0n) is 17.2. The highest BCUT2D eigenvalue weighted by Crippen LogP contribution is 2.46. The van der Waals surface area contributed by atoms with Crippen LogP contribution in [0, 0.1) is 5.41 Å². The average Bonchev–Trinajstić information content (AvgIpc) is 3.09. The smallest absolute Gasteiger partial charge is 0.238 e. The van der Waals surface area contributed by atoms with E-state index in [1.807, 2.05) is 61.2 Å². The second kappa shape index (κ2) is 8.80. The molecule has 1 unspecified atom stereocenters. The van der Waals surface area contributed by atoms with Crippen molar-refractivity contribution in [3.8, 4) is 0 Å². The summed E-state index contributed by atoms with van der Waals surface area (Å²) in [5.74, 6) is 0.876. The molecular weight excluding hydrogens is 404 g/mol. The lowest BCUT2D eigenvalue weighted by atomic mass is 9.95. The third-order valence-corrected chi connectivity index (χ3v) is 6.97. The minimum Gasteiger partial charge on any atom is -0.325 e. The highest BCUT2D eigenvalue weighted by atomic mass is 35.5. The van der Waals surface area contributed by atoms with Gasteiger partial charge >= 0.3 is 0 Å². The fourth-order valence-electron chi connectivity index (χ4n) is 3.29. The highest BCUT2D eigenvalue weighted by molar-refractivity contribution is 8.00. The molecule has 29 heavy (non-hydrogen) atoms. The van der Waals surface area contributed by atoms with Crippen LogP contribution in [0.25, 0.3) is 0 Å². The van der Waals surface area contributed by atoms with Crippen LogP contribution in [0.1, 0.15) is 50.1 Å². The molecule has 4 nitrogen and oxygen atoms in total. The fraction of sp³-hybridized carbons (Fsp3) is 0.391. The second-order valence-electron chi connectivity index (χ2n) is 8.20. The van der Waals surface area contributed by atoms with Gasteiger partial charge in [0, 0.05) is 22.8 Å². The topological polar surface area (TPSA) is 49.4 Å². The fourth-order valence-corrected chi connectivity index (χ4v) is 4.61. The first-order chi connectivity index (χ1) is 13.8. The number of hydrogen-bond acceptors (Lipinski definition) is 3. The van der Waals surface area contributed by atoms with Crippen molar-refractivity contribution in [2.45, 2.75) is 39.0 Å². The van der Waals surface area contributed by atoms with Crippen LogP contribution in [0.4, 0.5) is 11.4 Å². The number of benzene rings is 2. The van der Waals surface area contributed by atoms with E-state index in [-0.39, 0.29) is 23.1 Å². The molecule has 1 aliphatic heterocycles. The lowest BCUT2D eigenvalue weighted by Gasteiger charge is -2.29. The van der Waals surface area contributed by atoms with Gasteiger partial charge in [0.05, 0.1) is 11.2 Å². The van der Waals surface area contributed by atoms with E-state index in [0.29, 0.717) is 11.7 Å². The van der Waals surface area contributed by atoms with E-state index in [9.17, 15) is 9.59 Å². The van der Waals surface area contributed by atoms with Crippen LogP contribution in [0.2, 0.25) is 0 Å². The first kappa shape index (κ1) is 21.7. The Hall–Kier alpha value is -1.98. The monoisotopic (exact) mass is 430 g/mol. The predicted octanol–water partition coefficient (Wildman–Crippen LogP) is 5.79. The summed E-state index contributed by atoms with van der Waals surface area (Å²) in [5.41, 5.74) is 3.02. The number of carbonyl (C=O) groups excluding carboxylic acids is 2. The van der Waals surface area contributed by atoms with E-state index in [1.165, 1.54) is 0 Å². The van der Waals surface area contributed by atoms with Crippen molar-refractivity contribution >= 4 is 46.6 Å². The van der Waals surface area contributed by atoms with E-state index in [2.05, 4.69) is 25.2 Å². The number of hydrogen-bond donors (Lipinski definition) is 1. The summed E-state index contributed by atoms with van der Waals surface area (Å²) in [5, 5.41) is 2.83. The summed E-state index contributed by atoms with van der Waals surface area (Å²) in [6.07, 6.45) is 0. The van der Waals surface area contributed by atoms with Crippen molar-refractivity contribution in [2.24, 2.45) is 5.41 Å². The Balaban J connectivity index is 2.01. The molecule has 1 N–H and O–H groups in total. The zero-order valence-corrected chi connectivity index (χ0v) is 18.8. The van der Waals surface area contributed by atoms with Crippen molar-refractivity contribution < 1.29 is 9.59 Å². The van der Waals surface area contributed by atoms with Gasteiger partial charge < -0.3 is 5.32 Å². The molecule has 2 aromatic carbocycles. The number of carbonyl (C=O) groups is 2. The molecule has 1 fully saturated rings. The number of thioether (sulfide) groups is 1. The average molecular weight is 431 g/mol. The van der Waals surface area contributed by atoms with E-state index in [1.54, 1.807) is 11.8 Å². The van der Waals surface area contributed by atoms with Crippen molar-refractivity contribution in [1.29, 1.82) is 0 Å². The largest absolute Gasteiger partial charge is 0.325 e. The Morgan fingerprint density at radius 3 is 2.55 bits per heavy atom. The van der Waals surface area contributed by atoms with Crippen LogP contribution in [-0.4, -0.2) is 23.4 Å². The summed E-state index contributed by atoms with van der Waals surface area (Å²) in [6.45, 7) is 7.89. The minimum atomic E-state index is -0.683. The molecule has 2 amide bonds. The van der Waals surface area contributed by atoms with Crippen LogP contribution >= 0.6 is 23.4 Å². The van der Waals surface area contributed by atoms with Gasteiger partial charge in [-0.2, -0.15) is 0 Å². The van der Waals surface area contributed by atoms with Gasteiger partial charge in [0.2, 0.25) is 11.8 Å². The first-order valence-corrected chi connectivity index (χ1v) is 11.3. The van der Waals surface area contributed by atoms with Crippen molar-refractivity contribution in [3.05, 3.63) is 59.7 Å². The summed E-state index contributed by atoms with van der Waals surface area (Å²) in [7, 11) is 0. The number of alkyl halides is 1. The zero-order chi connectivity index (χ0) is 21.2. The van der Waals surface area contributed by atoms with Crippen LogP contribution in [0.5, 0.6) is 0 Å². The van der Waals surface area contributed by atoms with Gasteiger partial charge in [-0.15, -0.1) is 23.4 Å². The minimum absolute atomic E-state index is 0.0790. The Bertz CT molecular complexity index is 913. The van der Waals surface area contributed by atoms with E-state index >= 15 is 0 Å². The third-order valence-electron chi connectivity index (χ3n) is 5.11. The maximum Gasteiger partial charge on any atom is 0.238 e. The molecule has 1 heterocycles. The Kier molecular flexibility index (Phi) is 6.59. The van der Waals surface area contributed by atoms with E-state index in [0.717, 1.165) is 22.5 Å². The third kappa shape index (κ3) is 4.46. The Morgan fingerprint density at radius 1 is 1.21 bits per heavy atom. The molecule has 3 rings (SSSR count). The molecule has 6 heteroatoms. The van der Waals surface area contributed by atoms with Crippen molar-refractivity contribution in [2.75, 3.05) is 21.8 Å². The predicted molar refractivity (Wildman–Crippen MR) is 123 cm³/mol. The van der Waals surface area contributed by atoms with Gasteiger partial charge in [0.25, 0.3) is 0 Å². The number of para-hydroxylation sites is 2. The molecule has 1 aliphatic rings. The molecule has 0 saturated carbocycles. The summed E-state index contributed by atoms with van der Waals surface area (Å²) < 4.78 is 0. The Morgan fingerprint density at radius 2 is 1.86 bits per heavy atom. The van der Waals surface area contributed by atoms with Gasteiger partial charge in [0.1, 0.15) is 5.37 Å². The van der Waals surface area contributed by atoms with Crippen molar-refractivity contribution in [1.82, 2.24) is 0 Å². The summed E-state index contributed by atoms with van der Waals surface area (Å²) >= 11 is 7.55. The maximum atomic E-state index is 12.9. The van der Waals surface area contributed by atoms with Crippen LogP contribution < -0.4 is 10.2 Å². The number of anilines is 2. The lowest BCUT2D eigenvalue weighted by molar-refractivity contribution is -0.123. The van der Waals surface area contributed by atoms with Crippen LogP contribution in [0.15, 0.2) is 48.5 Å². The second-order valence-corrected chi connectivity index (χ2v) is 9.54. The number of rotatable bonds is 6. The SMILES string of the molecule is CC(C)c1ccccc1N1C(=O)CSC1c1ccccc1NC(=O)C(C)(C)CCl. The van der Waals surface area contributed by atoms with Gasteiger partial charge in [-0.05, 0) is 37.5 Å². The molecule has 0 radical (unpaired) electrons. The van der Waals surface area contributed by atoms with Gasteiger partial charge in [-0.1, -0.05) is 50.2 Å². The van der Waals surface area contributed by atoms with E-state index in [4.69, 9.17) is 11.6 Å². The summed E-state index contributed by atoms with van der Waals surface area (Å²) in [6, 6.07) is 15.7. The molecule has 154 valence electrons. The van der Waals surface area contributed by atoms with Crippen LogP contribution in [0.3, 0.4) is 0 Å².